The first kappa shape index (κ1) is 102. The second-order valence-electron chi connectivity index (χ2n) is 32.1. The molecule has 0 aromatic carbocycles. The Balaban J connectivity index is 6.56. The van der Waals surface area contributed by atoms with Gasteiger partial charge in [-0.05, 0) is 248 Å². The first-order valence-electron chi connectivity index (χ1n) is 34.7. The molecule has 0 bridgehead atoms. The summed E-state index contributed by atoms with van der Waals surface area (Å²) >= 11 is 0. The summed E-state index contributed by atoms with van der Waals surface area (Å²) in [5.41, 5.74) is 28.8. The zero-order valence-electron chi connectivity index (χ0n) is 68.9. The van der Waals surface area contributed by atoms with E-state index in [4.69, 9.17) is 93.8 Å². The summed E-state index contributed by atoms with van der Waals surface area (Å²) in [5.74, 6) is 0. The molecule has 0 rings (SSSR count). The van der Waals surface area contributed by atoms with Gasteiger partial charge in [0.25, 0.3) is 0 Å². The lowest BCUT2D eigenvalue weighted by Crippen LogP contribution is -2.64. The van der Waals surface area contributed by atoms with E-state index in [1.165, 1.54) is 0 Å². The van der Waals surface area contributed by atoms with Crippen molar-refractivity contribution in [1.82, 2.24) is 0 Å². The standard InChI is InChI=1S/C58H142N2O20Si21/c1-43-92(33,62-82(13,14)58-54-56-60)72-94(35,45-3)74-96(37,47-5)76-98(39,49-7)78-100(41,51-9)80-101(42,52-10)79-99(40,50-8)77-97(38,48-6)75-95(36,46-4)73-93(34,44-2)71-91(31,32)70-90(29,30)69-89(27,28)68-88(25,26)67-87(23,24)66-86(21,22)65-85(19,20)64-84(17,18)63-83(15,16)61-81(11,12)57-53-55-59/h43-52H,1-10,53-60H2,11-42H3. The third-order valence-corrected chi connectivity index (χ3v) is 97.5. The summed E-state index contributed by atoms with van der Waals surface area (Å²) in [7, 11) is -63.7. The molecule has 0 aromatic rings. The van der Waals surface area contributed by atoms with Crippen LogP contribution in [0.25, 0.3) is 0 Å². The second-order valence-corrected chi connectivity index (χ2v) is 106. The van der Waals surface area contributed by atoms with Crippen LogP contribution in [0.3, 0.4) is 0 Å². The Labute approximate surface area is 638 Å². The highest BCUT2D eigenvalue weighted by atomic mass is 28.6. The number of hydrogen-bond acceptors (Lipinski definition) is 22. The topological polar surface area (TPSA) is 237 Å². The molecule has 22 nitrogen and oxygen atoms in total. The van der Waals surface area contributed by atoms with Gasteiger partial charge in [0.15, 0.2) is 16.6 Å². The highest BCUT2D eigenvalue weighted by molar-refractivity contribution is 7.00. The Kier molecular flexibility index (Phi) is 38.5. The van der Waals surface area contributed by atoms with Gasteiger partial charge < -0.3 is 93.8 Å². The first-order chi connectivity index (χ1) is 44.9. The van der Waals surface area contributed by atoms with E-state index >= 15 is 0 Å². The van der Waals surface area contributed by atoms with E-state index < -0.39 is 179 Å². The summed E-state index contributed by atoms with van der Waals surface area (Å²) in [5, 5.41) is 0. The Morgan fingerprint density at radius 3 is 0.446 bits per heavy atom. The van der Waals surface area contributed by atoms with Crippen LogP contribution < -0.4 is 11.5 Å². The van der Waals surface area contributed by atoms with Gasteiger partial charge in [0.1, 0.15) is 0 Å². The average Bonchev–Trinajstić information content (AvgIpc) is 0.788. The van der Waals surface area contributed by atoms with Gasteiger partial charge >= 0.3 is 163 Å². The minimum absolute atomic E-state index is 0.582. The second kappa shape index (κ2) is 38.1. The molecule has 0 spiro atoms. The van der Waals surface area contributed by atoms with E-state index in [-0.39, 0.29) is 0 Å². The third-order valence-electron chi connectivity index (χ3n) is 14.7. The molecule has 0 aliphatic rings. The number of nitrogens with two attached hydrogens (primary N) is 2. The van der Waals surface area contributed by atoms with Gasteiger partial charge in [-0.15, -0.1) is 65.8 Å². The first-order valence-corrected chi connectivity index (χ1v) is 90.2. The van der Waals surface area contributed by atoms with E-state index in [0.29, 0.717) is 13.1 Å². The Hall–Kier alpha value is 1.07. The van der Waals surface area contributed by atoms with Gasteiger partial charge in [-0.25, -0.2) is 0 Å². The summed E-state index contributed by atoms with van der Waals surface area (Å²) < 4.78 is 139. The number of hydrogen-bond donors (Lipinski definition) is 2. The fraction of sp³-hybridized carbons (Fsp3) is 0.655. The average molecular weight is 1780 g/mol. The molecule has 0 heterocycles. The van der Waals surface area contributed by atoms with Crippen LogP contribution in [-0.2, 0) is 82.3 Å². The summed E-state index contributed by atoms with van der Waals surface area (Å²) in [4.78, 5) is 0. The molecule has 0 saturated heterocycles. The maximum Gasteiger partial charge on any atom is 0.344 e. The smallest absolute Gasteiger partial charge is 0.344 e. The maximum atomic E-state index is 7.08. The van der Waals surface area contributed by atoms with E-state index in [9.17, 15) is 0 Å². The molecule has 0 saturated carbocycles. The van der Waals surface area contributed by atoms with Gasteiger partial charge in [0, 0.05) is 0 Å². The fourth-order valence-electron chi connectivity index (χ4n) is 12.4. The van der Waals surface area contributed by atoms with Crippen molar-refractivity contribution in [3.8, 4) is 0 Å². The molecule has 10 atom stereocenters. The largest absolute Gasteiger partial charge is 0.436 e. The van der Waals surface area contributed by atoms with Crippen LogP contribution in [0.15, 0.2) is 123 Å². The molecule has 0 aliphatic heterocycles. The van der Waals surface area contributed by atoms with Crippen LogP contribution in [0.2, 0.25) is 222 Å². The minimum Gasteiger partial charge on any atom is -0.436 e. The normalized spacial score (nSPS) is 19.8. The summed E-state index contributed by atoms with van der Waals surface area (Å²) in [6, 6.07) is 1.86. The van der Waals surface area contributed by atoms with Crippen LogP contribution in [0.1, 0.15) is 12.8 Å². The molecule has 43 heteroatoms. The maximum absolute atomic E-state index is 7.08. The van der Waals surface area contributed by atoms with Crippen molar-refractivity contribution in [3.63, 3.8) is 0 Å². The van der Waals surface area contributed by atoms with Crippen molar-refractivity contribution in [2.24, 2.45) is 11.5 Å². The van der Waals surface area contributed by atoms with Crippen LogP contribution in [0.5, 0.6) is 0 Å². The van der Waals surface area contributed by atoms with Gasteiger partial charge in [0.05, 0.1) is 0 Å². The van der Waals surface area contributed by atoms with Crippen LogP contribution in [0.4, 0.5) is 0 Å². The minimum atomic E-state index is -3.50. The summed E-state index contributed by atoms with van der Waals surface area (Å²) in [6.45, 7) is 108. The zero-order valence-corrected chi connectivity index (χ0v) is 89.9. The highest BCUT2D eigenvalue weighted by Gasteiger charge is 2.57. The summed E-state index contributed by atoms with van der Waals surface area (Å²) in [6.07, 6.45) is 1.79. The van der Waals surface area contributed by atoms with Crippen LogP contribution in [-0.4, -0.2) is 192 Å². The molecule has 0 fully saturated rings. The van der Waals surface area contributed by atoms with Gasteiger partial charge in [0.2, 0.25) is 0 Å². The molecule has 101 heavy (non-hydrogen) atoms. The lowest BCUT2D eigenvalue weighted by Gasteiger charge is -2.45. The molecule has 0 aromatic heterocycles. The SMILES string of the molecule is C=C[Si](C)(O[Si](C)(C)CCCN)O[Si](C)(C=C)O[Si](C)(C=C)O[Si](C)(C=C)O[Si](C)(C=C)O[Si](C)(C=C)O[Si](C)(C=C)O[Si](C)(C=C)O[Si](C)(C=C)O[Si](C)(C=C)O[Si](C)(C)O[Si](C)(C)O[Si](C)(C)O[Si](C)(C)O[Si](C)(C)O[Si](C)(C)O[Si](C)(C)O[Si](C)(C)O[Si](C)(C)O[Si](C)(C)CCCN. The van der Waals surface area contributed by atoms with E-state index in [1.54, 1.807) is 57.0 Å². The van der Waals surface area contributed by atoms with E-state index in [1.807, 2.05) is 144 Å². The predicted molar refractivity (Wildman–Crippen MR) is 469 cm³/mol. The third kappa shape index (κ3) is 38.2. The van der Waals surface area contributed by atoms with Crippen molar-refractivity contribution in [2.45, 2.75) is 234 Å². The quantitative estimate of drug-likeness (QED) is 0.0538. The lowest BCUT2D eigenvalue weighted by molar-refractivity contribution is 0.252. The molecule has 0 radical (unpaired) electrons. The van der Waals surface area contributed by atoms with Gasteiger partial charge in [-0.1, -0.05) is 57.0 Å². The monoisotopic (exact) mass is 1770 g/mol. The highest BCUT2D eigenvalue weighted by Crippen LogP contribution is 2.37. The fourth-order valence-corrected chi connectivity index (χ4v) is 113. The van der Waals surface area contributed by atoms with E-state index in [0.717, 1.165) is 24.9 Å². The molecule has 588 valence electrons. The zero-order chi connectivity index (χ0) is 80.0. The van der Waals surface area contributed by atoms with Crippen molar-refractivity contribution >= 4 is 179 Å². The van der Waals surface area contributed by atoms with Gasteiger partial charge in [-0.3, -0.25) is 0 Å². The van der Waals surface area contributed by atoms with Crippen molar-refractivity contribution < 1.29 is 82.3 Å². The van der Waals surface area contributed by atoms with Crippen molar-refractivity contribution in [1.29, 1.82) is 0 Å². The Morgan fingerprint density at radius 2 is 0.297 bits per heavy atom. The molecular weight excluding hydrogens is 1630 g/mol. The lowest BCUT2D eigenvalue weighted by atomic mass is 10.5. The van der Waals surface area contributed by atoms with Crippen LogP contribution in [0, 0.1) is 0 Å². The van der Waals surface area contributed by atoms with Crippen molar-refractivity contribution in [3.05, 3.63) is 123 Å². The predicted octanol–water partition coefficient (Wildman–Crippen LogP) is 16.7. The van der Waals surface area contributed by atoms with E-state index in [2.05, 4.69) is 131 Å². The molecule has 0 amide bonds. The van der Waals surface area contributed by atoms with Crippen LogP contribution >= 0.6 is 0 Å². The van der Waals surface area contributed by atoms with Gasteiger partial charge in [-0.2, -0.15) is 0 Å². The number of rotatable bonds is 56. The molecule has 4 N–H and O–H groups in total. The molecular formula is C58H142N2O20Si21. The Bertz CT molecular complexity index is 2820. The Morgan fingerprint density at radius 1 is 0.178 bits per heavy atom. The molecule has 10 unspecified atom stereocenters. The molecule has 0 aliphatic carbocycles. The van der Waals surface area contributed by atoms with Crippen molar-refractivity contribution in [2.75, 3.05) is 13.1 Å².